The molecule has 3 heteroatoms. The van der Waals surface area contributed by atoms with Crippen molar-refractivity contribution >= 4 is 31.5 Å². The van der Waals surface area contributed by atoms with Crippen molar-refractivity contribution in [2.24, 2.45) is 5.41 Å². The van der Waals surface area contributed by atoms with Crippen LogP contribution in [-0.2, 0) is 6.42 Å². The molecule has 0 fully saturated rings. The van der Waals surface area contributed by atoms with E-state index < -0.39 is 0 Å². The van der Waals surface area contributed by atoms with E-state index >= 15 is 0 Å². The molecule has 0 atom stereocenters. The molecule has 2 heterocycles. The van der Waals surface area contributed by atoms with Crippen molar-refractivity contribution in [2.75, 3.05) is 0 Å². The summed E-state index contributed by atoms with van der Waals surface area (Å²) in [5.74, 6) is -0.209. The maximum atomic E-state index is 13.7. The first kappa shape index (κ1) is 19.9. The zero-order valence-electron chi connectivity index (χ0n) is 17.9. The fourth-order valence-corrected chi connectivity index (χ4v) is 5.26. The monoisotopic (exact) mass is 425 g/mol. The Hall–Kier alpha value is -3.04. The van der Waals surface area contributed by atoms with Crippen LogP contribution in [-0.4, -0.2) is 4.98 Å². The second-order valence-corrected chi connectivity index (χ2v) is 10.4. The third-order valence-electron chi connectivity index (χ3n) is 5.48. The molecule has 5 aromatic rings. The van der Waals surface area contributed by atoms with Gasteiger partial charge < -0.3 is 0 Å². The number of aromatic nitrogens is 1. The standard InChI is InChI=1S/C28H24FNS/c1-28(2,3)17-18-11-12-30-25(13-18)21-8-10-26-24(15-21)23-9-7-20(16-27(23)31-26)19-5-4-6-22(29)14-19/h4-16H,17H2,1-3H3. The molecule has 0 saturated heterocycles. The van der Waals surface area contributed by atoms with Gasteiger partial charge in [0.25, 0.3) is 0 Å². The van der Waals surface area contributed by atoms with Crippen LogP contribution in [0.2, 0.25) is 0 Å². The average Bonchev–Trinajstić information content (AvgIpc) is 3.09. The lowest BCUT2D eigenvalue weighted by Gasteiger charge is -2.18. The van der Waals surface area contributed by atoms with E-state index in [1.165, 1.54) is 31.8 Å². The third kappa shape index (κ3) is 4.11. The van der Waals surface area contributed by atoms with Gasteiger partial charge >= 0.3 is 0 Å². The highest BCUT2D eigenvalue weighted by Gasteiger charge is 2.13. The predicted molar refractivity (Wildman–Crippen MR) is 131 cm³/mol. The van der Waals surface area contributed by atoms with Crippen LogP contribution >= 0.6 is 11.3 Å². The maximum absolute atomic E-state index is 13.7. The number of halogens is 1. The van der Waals surface area contributed by atoms with E-state index in [1.54, 1.807) is 23.5 Å². The van der Waals surface area contributed by atoms with Gasteiger partial charge in [0.15, 0.2) is 0 Å². The summed E-state index contributed by atoms with van der Waals surface area (Å²) in [4.78, 5) is 4.64. The van der Waals surface area contributed by atoms with Gasteiger partial charge in [-0.25, -0.2) is 4.39 Å². The van der Waals surface area contributed by atoms with Crippen LogP contribution in [0.4, 0.5) is 4.39 Å². The zero-order valence-corrected chi connectivity index (χ0v) is 18.8. The smallest absolute Gasteiger partial charge is 0.123 e. The molecule has 0 aliphatic carbocycles. The number of hydrogen-bond donors (Lipinski definition) is 0. The van der Waals surface area contributed by atoms with Gasteiger partial charge in [-0.15, -0.1) is 11.3 Å². The van der Waals surface area contributed by atoms with Gasteiger partial charge in [-0.3, -0.25) is 4.98 Å². The van der Waals surface area contributed by atoms with Crippen LogP contribution in [0, 0.1) is 11.2 Å². The molecule has 0 N–H and O–H groups in total. The molecule has 5 rings (SSSR count). The molecule has 0 bridgehead atoms. The highest BCUT2D eigenvalue weighted by molar-refractivity contribution is 7.25. The molecular formula is C28H24FNS. The Morgan fingerprint density at radius 3 is 2.39 bits per heavy atom. The molecule has 31 heavy (non-hydrogen) atoms. The van der Waals surface area contributed by atoms with Crippen molar-refractivity contribution in [1.29, 1.82) is 0 Å². The van der Waals surface area contributed by atoms with Crippen LogP contribution in [0.1, 0.15) is 26.3 Å². The Balaban J connectivity index is 1.57. The Kier molecular flexibility index (Phi) is 4.86. The van der Waals surface area contributed by atoms with E-state index in [0.29, 0.717) is 0 Å². The number of rotatable bonds is 3. The van der Waals surface area contributed by atoms with Gasteiger partial charge in [-0.2, -0.15) is 0 Å². The van der Waals surface area contributed by atoms with Crippen molar-refractivity contribution in [2.45, 2.75) is 27.2 Å². The van der Waals surface area contributed by atoms with Gasteiger partial charge in [-0.1, -0.05) is 51.1 Å². The van der Waals surface area contributed by atoms with Gasteiger partial charge in [0.05, 0.1) is 5.69 Å². The van der Waals surface area contributed by atoms with Crippen molar-refractivity contribution in [3.8, 4) is 22.4 Å². The lowest BCUT2D eigenvalue weighted by atomic mass is 9.88. The Morgan fingerprint density at radius 1 is 0.774 bits per heavy atom. The number of benzene rings is 3. The first-order valence-corrected chi connectivity index (χ1v) is 11.3. The summed E-state index contributed by atoms with van der Waals surface area (Å²) >= 11 is 1.78. The summed E-state index contributed by atoms with van der Waals surface area (Å²) < 4.78 is 16.1. The minimum Gasteiger partial charge on any atom is -0.256 e. The van der Waals surface area contributed by atoms with E-state index in [4.69, 9.17) is 0 Å². The highest BCUT2D eigenvalue weighted by atomic mass is 32.1. The number of pyridine rings is 1. The summed E-state index contributed by atoms with van der Waals surface area (Å²) in [5.41, 5.74) is 5.64. The topological polar surface area (TPSA) is 12.9 Å². The van der Waals surface area contributed by atoms with Crippen LogP contribution in [0.25, 0.3) is 42.6 Å². The molecule has 0 saturated carbocycles. The largest absolute Gasteiger partial charge is 0.256 e. The Bertz CT molecular complexity index is 1410. The summed E-state index contributed by atoms with van der Waals surface area (Å²) in [6, 6.07) is 24.1. The summed E-state index contributed by atoms with van der Waals surface area (Å²) in [5, 5.41) is 2.47. The predicted octanol–water partition coefficient (Wildman–Crippen LogP) is 8.51. The summed E-state index contributed by atoms with van der Waals surface area (Å²) in [7, 11) is 0. The lowest BCUT2D eigenvalue weighted by Crippen LogP contribution is -2.09. The molecule has 0 radical (unpaired) electrons. The second-order valence-electron chi connectivity index (χ2n) is 9.32. The SMILES string of the molecule is CC(C)(C)Cc1ccnc(-c2ccc3sc4cc(-c5cccc(F)c5)ccc4c3c2)c1. The van der Waals surface area contributed by atoms with Crippen molar-refractivity contribution in [1.82, 2.24) is 4.98 Å². The van der Waals surface area contributed by atoms with Crippen LogP contribution < -0.4 is 0 Å². The fourth-order valence-electron chi connectivity index (χ4n) is 4.14. The van der Waals surface area contributed by atoms with Crippen LogP contribution in [0.15, 0.2) is 79.0 Å². The van der Waals surface area contributed by atoms with E-state index in [2.05, 4.69) is 74.3 Å². The molecular weight excluding hydrogens is 401 g/mol. The molecule has 0 amide bonds. The first-order chi connectivity index (χ1) is 14.9. The molecule has 2 aromatic heterocycles. The molecule has 1 nitrogen and oxygen atoms in total. The number of nitrogens with zero attached hydrogens (tertiary/aromatic N) is 1. The number of thiophene rings is 1. The normalized spacial score (nSPS) is 12.0. The average molecular weight is 426 g/mol. The fraction of sp³-hybridized carbons (Fsp3) is 0.179. The van der Waals surface area contributed by atoms with Gasteiger partial charge in [0.2, 0.25) is 0 Å². The molecule has 0 unspecified atom stereocenters. The summed E-state index contributed by atoms with van der Waals surface area (Å²) in [6.07, 6.45) is 2.94. The number of fused-ring (bicyclic) bond motifs is 3. The molecule has 0 spiro atoms. The van der Waals surface area contributed by atoms with Crippen molar-refractivity contribution < 1.29 is 4.39 Å². The van der Waals surface area contributed by atoms with E-state index in [0.717, 1.165) is 28.8 Å². The third-order valence-corrected chi connectivity index (χ3v) is 6.62. The molecule has 154 valence electrons. The quantitative estimate of drug-likeness (QED) is 0.282. The minimum atomic E-state index is -0.209. The minimum absolute atomic E-state index is 0.209. The Morgan fingerprint density at radius 2 is 1.58 bits per heavy atom. The summed E-state index contributed by atoms with van der Waals surface area (Å²) in [6.45, 7) is 6.78. The second kappa shape index (κ2) is 7.58. The molecule has 3 aromatic carbocycles. The van der Waals surface area contributed by atoms with Crippen LogP contribution in [0.5, 0.6) is 0 Å². The lowest BCUT2D eigenvalue weighted by molar-refractivity contribution is 0.411. The van der Waals surface area contributed by atoms with E-state index in [1.807, 2.05) is 12.3 Å². The molecule has 0 aliphatic rings. The molecule has 0 aliphatic heterocycles. The Labute approximate surface area is 186 Å². The maximum Gasteiger partial charge on any atom is 0.123 e. The number of hydrogen-bond acceptors (Lipinski definition) is 2. The van der Waals surface area contributed by atoms with Crippen molar-refractivity contribution in [3.05, 3.63) is 90.4 Å². The van der Waals surface area contributed by atoms with E-state index in [9.17, 15) is 4.39 Å². The first-order valence-electron chi connectivity index (χ1n) is 10.5. The van der Waals surface area contributed by atoms with Gasteiger partial charge in [-0.05, 0) is 71.0 Å². The van der Waals surface area contributed by atoms with Gasteiger partial charge in [0, 0.05) is 31.9 Å². The highest BCUT2D eigenvalue weighted by Crippen LogP contribution is 2.38. The van der Waals surface area contributed by atoms with Crippen molar-refractivity contribution in [3.63, 3.8) is 0 Å². The van der Waals surface area contributed by atoms with E-state index in [-0.39, 0.29) is 11.2 Å². The van der Waals surface area contributed by atoms with Crippen LogP contribution in [0.3, 0.4) is 0 Å². The van der Waals surface area contributed by atoms with Gasteiger partial charge in [0.1, 0.15) is 5.82 Å². The zero-order chi connectivity index (χ0) is 21.6.